The van der Waals surface area contributed by atoms with Crippen LogP contribution in [0.1, 0.15) is 5.69 Å². The molecule has 1 amide bonds. The number of nitrogens with zero attached hydrogens (tertiary/aromatic N) is 5. The summed E-state index contributed by atoms with van der Waals surface area (Å²) in [7, 11) is 0. The quantitative estimate of drug-likeness (QED) is 0.291. The number of carbonyl (C=O) groups is 1. The van der Waals surface area contributed by atoms with Crippen molar-refractivity contribution in [2.45, 2.75) is 12.1 Å². The van der Waals surface area contributed by atoms with Crippen molar-refractivity contribution in [1.29, 1.82) is 0 Å². The molecule has 0 atom stereocenters. The molecule has 9 nitrogen and oxygen atoms in total. The molecule has 3 aromatic heterocycles. The molecule has 5 rings (SSSR count). The van der Waals surface area contributed by atoms with E-state index in [1.807, 2.05) is 0 Å². The molecule has 0 bridgehead atoms. The zero-order chi connectivity index (χ0) is 27.9. The molecule has 0 saturated carbocycles. The minimum atomic E-state index is -5.95. The van der Waals surface area contributed by atoms with Crippen LogP contribution >= 0.6 is 0 Å². The van der Waals surface area contributed by atoms with E-state index in [4.69, 9.17) is 15.0 Å². The third-order valence-corrected chi connectivity index (χ3v) is 5.38. The molecule has 0 radical (unpaired) electrons. The number of fused-ring (bicyclic) bond motifs is 1. The van der Waals surface area contributed by atoms with E-state index in [9.17, 15) is 31.1 Å². The van der Waals surface area contributed by atoms with Crippen LogP contribution in [-0.2, 0) is 10.7 Å². The molecule has 39 heavy (non-hydrogen) atoms. The number of primary amides is 1. The van der Waals surface area contributed by atoms with E-state index in [0.717, 1.165) is 18.2 Å². The second kappa shape index (κ2) is 9.41. The number of hydrogen-bond acceptors (Lipinski definition) is 7. The summed E-state index contributed by atoms with van der Waals surface area (Å²) in [5.74, 6) is -6.51. The molecule has 0 spiro atoms. The molecule has 200 valence electrons. The largest absolute Gasteiger partial charge is 0.484 e. The zero-order valence-corrected chi connectivity index (χ0v) is 19.3. The molecule has 0 saturated heterocycles. The summed E-state index contributed by atoms with van der Waals surface area (Å²) in [4.78, 5) is 19.1. The number of nitrogens with two attached hydrogens (primary N) is 1. The van der Waals surface area contributed by atoms with Gasteiger partial charge in [-0.05, 0) is 54.6 Å². The first-order chi connectivity index (χ1) is 18.4. The predicted octanol–water partition coefficient (Wildman–Crippen LogP) is 4.77. The van der Waals surface area contributed by atoms with E-state index in [0.29, 0.717) is 21.9 Å². The van der Waals surface area contributed by atoms with Gasteiger partial charge >= 0.3 is 12.1 Å². The van der Waals surface area contributed by atoms with E-state index >= 15 is 0 Å². The van der Waals surface area contributed by atoms with Crippen LogP contribution in [-0.4, -0.2) is 43.4 Å². The molecule has 0 unspecified atom stereocenters. The average molecular weight is 548 g/mol. The predicted molar refractivity (Wildman–Crippen MR) is 122 cm³/mol. The van der Waals surface area contributed by atoms with Crippen LogP contribution < -0.4 is 10.5 Å². The smallest absolute Gasteiger partial charge is 0.459 e. The highest BCUT2D eigenvalue weighted by Gasteiger charge is 2.60. The van der Waals surface area contributed by atoms with Crippen molar-refractivity contribution in [2.75, 3.05) is 6.61 Å². The Labute approximate surface area is 213 Å². The van der Waals surface area contributed by atoms with Gasteiger partial charge in [0.1, 0.15) is 17.3 Å². The van der Waals surface area contributed by atoms with Crippen LogP contribution in [0.2, 0.25) is 0 Å². The van der Waals surface area contributed by atoms with Gasteiger partial charge in [0, 0.05) is 17.2 Å². The number of benzene rings is 2. The molecule has 0 aliphatic rings. The van der Waals surface area contributed by atoms with E-state index in [1.54, 1.807) is 0 Å². The molecule has 0 aliphatic heterocycles. The molecular weight excluding hydrogens is 534 g/mol. The fourth-order valence-corrected chi connectivity index (χ4v) is 3.52. The number of rotatable bonds is 7. The maximum absolute atomic E-state index is 14.6. The van der Waals surface area contributed by atoms with Gasteiger partial charge in [-0.3, -0.25) is 4.79 Å². The van der Waals surface area contributed by atoms with Gasteiger partial charge in [0.25, 0.3) is 11.8 Å². The number of amides is 1. The summed E-state index contributed by atoms with van der Waals surface area (Å²) >= 11 is 0. The Morgan fingerprint density at radius 3 is 2.23 bits per heavy atom. The Morgan fingerprint density at radius 2 is 1.59 bits per heavy atom. The maximum Gasteiger partial charge on any atom is 0.459 e. The van der Waals surface area contributed by atoms with E-state index in [-0.39, 0.29) is 40.9 Å². The Hall–Kier alpha value is -4.95. The number of ether oxygens (including phenoxy) is 1. The summed E-state index contributed by atoms with van der Waals surface area (Å²) in [6.45, 7) is -0.328. The van der Waals surface area contributed by atoms with Gasteiger partial charge in [0.15, 0.2) is 17.9 Å². The van der Waals surface area contributed by atoms with Gasteiger partial charge in [0.05, 0.1) is 5.69 Å². The first-order valence-corrected chi connectivity index (χ1v) is 10.9. The molecule has 2 N–H and O–H groups in total. The van der Waals surface area contributed by atoms with Crippen molar-refractivity contribution in [3.05, 3.63) is 72.2 Å². The minimum Gasteiger partial charge on any atom is -0.484 e. The number of alkyl halides is 5. The fourth-order valence-electron chi connectivity index (χ4n) is 3.52. The number of halogens is 6. The fraction of sp³-hybridized carbons (Fsp3) is 0.125. The summed E-state index contributed by atoms with van der Waals surface area (Å²) < 4.78 is 93.1. The number of aromatic nitrogens is 5. The third kappa shape index (κ3) is 4.97. The van der Waals surface area contributed by atoms with Crippen LogP contribution in [0.3, 0.4) is 0 Å². The average Bonchev–Trinajstić information content (AvgIpc) is 3.54. The van der Waals surface area contributed by atoms with Crippen LogP contribution in [0.25, 0.3) is 39.9 Å². The minimum absolute atomic E-state index is 0.0457. The van der Waals surface area contributed by atoms with Gasteiger partial charge in [-0.15, -0.1) is 0 Å². The maximum atomic E-state index is 14.6. The molecular formula is C24H14F6N6O3. The van der Waals surface area contributed by atoms with Crippen molar-refractivity contribution in [1.82, 2.24) is 24.7 Å². The Bertz CT molecular complexity index is 1660. The van der Waals surface area contributed by atoms with Gasteiger partial charge in [-0.2, -0.15) is 32.0 Å². The van der Waals surface area contributed by atoms with E-state index < -0.39 is 29.5 Å². The second-order valence-corrected chi connectivity index (χ2v) is 8.11. The van der Waals surface area contributed by atoms with Gasteiger partial charge in [-0.1, -0.05) is 5.16 Å². The SMILES string of the molecule is NC(=O)COc1ccc(-c2noc(-c3cc4nc(-c5ccc(F)cc5)cc(C(F)(F)C(F)(F)F)n4n3)n2)cc1. The third-order valence-electron chi connectivity index (χ3n) is 5.38. The highest BCUT2D eigenvalue weighted by Crippen LogP contribution is 2.44. The zero-order valence-electron chi connectivity index (χ0n) is 19.3. The lowest BCUT2D eigenvalue weighted by atomic mass is 10.1. The Kier molecular flexibility index (Phi) is 6.20. The number of carbonyl (C=O) groups excluding carboxylic acids is 1. The molecule has 0 fully saturated rings. The molecule has 2 aromatic carbocycles. The van der Waals surface area contributed by atoms with Crippen molar-refractivity contribution in [3.8, 4) is 40.0 Å². The molecule has 15 heteroatoms. The lowest BCUT2D eigenvalue weighted by Crippen LogP contribution is -2.35. The van der Waals surface area contributed by atoms with Gasteiger partial charge in [0.2, 0.25) is 5.82 Å². The molecule has 3 heterocycles. The Morgan fingerprint density at radius 1 is 0.923 bits per heavy atom. The normalized spacial score (nSPS) is 12.2. The summed E-state index contributed by atoms with van der Waals surface area (Å²) in [6.07, 6.45) is -5.95. The van der Waals surface area contributed by atoms with Gasteiger partial charge in [-0.25, -0.2) is 13.9 Å². The van der Waals surface area contributed by atoms with Crippen LogP contribution in [0.15, 0.2) is 65.2 Å². The van der Waals surface area contributed by atoms with Crippen molar-refractivity contribution < 1.29 is 40.4 Å². The number of hydrogen-bond donors (Lipinski definition) is 1. The summed E-state index contributed by atoms with van der Waals surface area (Å²) in [5, 5.41) is 7.61. The summed E-state index contributed by atoms with van der Waals surface area (Å²) in [6, 6.07) is 12.1. The highest BCUT2D eigenvalue weighted by molar-refractivity contribution is 5.75. The lowest BCUT2D eigenvalue weighted by Gasteiger charge is -2.21. The molecule has 0 aliphatic carbocycles. The van der Waals surface area contributed by atoms with Crippen LogP contribution in [0, 0.1) is 5.82 Å². The monoisotopic (exact) mass is 548 g/mol. The lowest BCUT2D eigenvalue weighted by molar-refractivity contribution is -0.291. The van der Waals surface area contributed by atoms with Crippen molar-refractivity contribution in [3.63, 3.8) is 0 Å². The van der Waals surface area contributed by atoms with E-state index in [1.165, 1.54) is 36.4 Å². The molecule has 5 aromatic rings. The van der Waals surface area contributed by atoms with E-state index in [2.05, 4.69) is 20.2 Å². The standard InChI is InChI=1S/C24H14F6N6O3/c25-14-5-1-12(2-6-14)16-9-18(23(26,27)24(28,29)30)36-20(32-16)10-17(34-36)22-33-21(35-39-22)13-3-7-15(8-4-13)38-11-19(31)37/h1-10H,11H2,(H2,31,37). The Balaban J connectivity index is 1.55. The van der Waals surface area contributed by atoms with Crippen molar-refractivity contribution in [2.24, 2.45) is 5.73 Å². The first-order valence-electron chi connectivity index (χ1n) is 10.9. The first kappa shape index (κ1) is 25.7. The topological polar surface area (TPSA) is 121 Å². The summed E-state index contributed by atoms with van der Waals surface area (Å²) in [5.41, 5.74) is 3.18. The van der Waals surface area contributed by atoms with Gasteiger partial charge < -0.3 is 15.0 Å². The highest BCUT2D eigenvalue weighted by atomic mass is 19.4. The van der Waals surface area contributed by atoms with Crippen molar-refractivity contribution >= 4 is 11.6 Å². The van der Waals surface area contributed by atoms with Crippen LogP contribution in [0.5, 0.6) is 5.75 Å². The second-order valence-electron chi connectivity index (χ2n) is 8.11. The van der Waals surface area contributed by atoms with Crippen LogP contribution in [0.4, 0.5) is 26.3 Å².